The number of hydrogen-bond donors (Lipinski definition) is 3. The first-order valence-corrected chi connectivity index (χ1v) is 11.8. The number of benzene rings is 1. The Morgan fingerprint density at radius 3 is 2.54 bits per heavy atom. The lowest BCUT2D eigenvalue weighted by atomic mass is 10.2. The number of methoxy groups -OCH3 is 3. The highest BCUT2D eigenvalue weighted by Crippen LogP contribution is 2.39. The number of aliphatic hydroxyl groups excluding tert-OH is 1. The molecule has 3 aromatic rings. The van der Waals surface area contributed by atoms with Gasteiger partial charge in [0.15, 0.2) is 17.3 Å². The van der Waals surface area contributed by atoms with Gasteiger partial charge in [-0.15, -0.1) is 0 Å². The summed E-state index contributed by atoms with van der Waals surface area (Å²) < 4.78 is 18.1. The predicted octanol–water partition coefficient (Wildman–Crippen LogP) is 2.39. The molecular weight excluding hydrogens is 482 g/mol. The van der Waals surface area contributed by atoms with Gasteiger partial charge in [-0.05, 0) is 12.8 Å². The molecule has 13 heteroatoms. The Morgan fingerprint density at radius 1 is 1.14 bits per heavy atom. The summed E-state index contributed by atoms with van der Waals surface area (Å²) in [5.41, 5.74) is 2.16. The van der Waals surface area contributed by atoms with Crippen molar-refractivity contribution in [1.82, 2.24) is 24.4 Å². The molecule has 196 valence electrons. The highest BCUT2D eigenvalue weighted by atomic mass is 16.5. The second-order valence-corrected chi connectivity index (χ2v) is 8.78. The van der Waals surface area contributed by atoms with Gasteiger partial charge in [0.05, 0.1) is 64.6 Å². The lowest BCUT2D eigenvalue weighted by molar-refractivity contribution is 0.145. The van der Waals surface area contributed by atoms with Gasteiger partial charge < -0.3 is 39.2 Å². The molecule has 0 radical (unpaired) electrons. The third-order valence-electron chi connectivity index (χ3n) is 6.66. The van der Waals surface area contributed by atoms with Crippen LogP contribution in [0.1, 0.15) is 24.1 Å². The van der Waals surface area contributed by atoms with Gasteiger partial charge in [0.25, 0.3) is 0 Å². The fraction of sp³-hybridized carbons (Fsp3) is 0.417. The first kappa shape index (κ1) is 24.4. The van der Waals surface area contributed by atoms with Crippen LogP contribution in [0.2, 0.25) is 0 Å². The molecule has 5 rings (SSSR count). The maximum Gasteiger partial charge on any atom is 0.407 e. The summed E-state index contributed by atoms with van der Waals surface area (Å²) in [5.74, 6) is 2.96. The van der Waals surface area contributed by atoms with Crippen LogP contribution < -0.4 is 24.4 Å². The summed E-state index contributed by atoms with van der Waals surface area (Å²) in [5, 5.41) is 22.5. The number of fused-ring (bicyclic) bond motifs is 1. The van der Waals surface area contributed by atoms with Crippen LogP contribution in [-0.4, -0.2) is 81.2 Å². The van der Waals surface area contributed by atoms with E-state index in [0.29, 0.717) is 40.5 Å². The van der Waals surface area contributed by atoms with Gasteiger partial charge in [-0.2, -0.15) is 4.98 Å². The Bertz CT molecular complexity index is 1290. The van der Waals surface area contributed by atoms with E-state index in [1.54, 1.807) is 50.6 Å². The third kappa shape index (κ3) is 4.53. The van der Waals surface area contributed by atoms with Crippen molar-refractivity contribution in [2.45, 2.75) is 32.0 Å². The molecule has 0 bridgehead atoms. The SMILES string of the molecule is COc1cc(-n2cnc(Nc3nc4c(c(N5CCC[C@@H]5CO)n3)CN(C(=O)O)C4)c2)cc(OC)c1OC. The van der Waals surface area contributed by atoms with E-state index in [4.69, 9.17) is 19.2 Å². The van der Waals surface area contributed by atoms with Gasteiger partial charge in [0.1, 0.15) is 12.1 Å². The number of anilines is 3. The Hall–Kier alpha value is -4.26. The summed E-state index contributed by atoms with van der Waals surface area (Å²) in [6.07, 6.45) is 4.16. The van der Waals surface area contributed by atoms with Crippen molar-refractivity contribution in [1.29, 1.82) is 0 Å². The van der Waals surface area contributed by atoms with Crippen LogP contribution >= 0.6 is 0 Å². The van der Waals surface area contributed by atoms with Gasteiger partial charge in [0, 0.05) is 24.2 Å². The maximum atomic E-state index is 11.6. The molecule has 13 nitrogen and oxygen atoms in total. The predicted molar refractivity (Wildman–Crippen MR) is 133 cm³/mol. The van der Waals surface area contributed by atoms with Crippen LogP contribution in [0.5, 0.6) is 17.2 Å². The minimum atomic E-state index is -1.01. The van der Waals surface area contributed by atoms with Crippen molar-refractivity contribution in [3.8, 4) is 22.9 Å². The molecule has 4 heterocycles. The molecule has 1 aromatic carbocycles. The Kier molecular flexibility index (Phi) is 6.61. The second-order valence-electron chi connectivity index (χ2n) is 8.78. The van der Waals surface area contributed by atoms with E-state index in [0.717, 1.165) is 30.6 Å². The van der Waals surface area contributed by atoms with Crippen molar-refractivity contribution in [3.63, 3.8) is 0 Å². The van der Waals surface area contributed by atoms with Crippen LogP contribution in [0.25, 0.3) is 5.69 Å². The molecule has 2 aliphatic rings. The van der Waals surface area contributed by atoms with Crippen LogP contribution in [0.15, 0.2) is 24.7 Å². The Balaban J connectivity index is 1.46. The number of ether oxygens (including phenoxy) is 3. The number of aliphatic hydroxyl groups is 1. The molecule has 0 spiro atoms. The quantitative estimate of drug-likeness (QED) is 0.409. The van der Waals surface area contributed by atoms with Crippen molar-refractivity contribution >= 4 is 23.7 Å². The molecule has 0 saturated carbocycles. The number of nitrogens with one attached hydrogen (secondary N) is 1. The number of hydrogen-bond acceptors (Lipinski definition) is 10. The number of amides is 1. The highest BCUT2D eigenvalue weighted by molar-refractivity contribution is 5.68. The molecule has 2 aromatic heterocycles. The number of aromatic nitrogens is 4. The standard InChI is InChI=1S/C24H29N7O6/c1-35-18-7-15(8-19(36-2)21(18)37-3)30-11-20(25-13-30)27-23-26-17-10-29(24(33)34)9-16(17)22(28-23)31-6-4-5-14(31)12-32/h7-8,11,13-14,32H,4-6,9-10,12H2,1-3H3,(H,33,34)(H,26,27,28)/t14-/m1/s1. The molecule has 0 unspecified atom stereocenters. The minimum Gasteiger partial charge on any atom is -0.493 e. The summed E-state index contributed by atoms with van der Waals surface area (Å²) >= 11 is 0. The average molecular weight is 512 g/mol. The fourth-order valence-corrected chi connectivity index (χ4v) is 4.83. The van der Waals surface area contributed by atoms with Crippen molar-refractivity contribution in [2.24, 2.45) is 0 Å². The highest BCUT2D eigenvalue weighted by Gasteiger charge is 2.34. The molecule has 1 atom stereocenters. The number of nitrogens with zero attached hydrogens (tertiary/aromatic N) is 6. The number of rotatable bonds is 8. The molecule has 1 amide bonds. The van der Waals surface area contributed by atoms with Crippen molar-refractivity contribution < 1.29 is 29.2 Å². The van der Waals surface area contributed by atoms with Gasteiger partial charge in [-0.25, -0.2) is 14.8 Å². The van der Waals surface area contributed by atoms with E-state index in [2.05, 4.69) is 15.3 Å². The van der Waals surface area contributed by atoms with Gasteiger partial charge in [0.2, 0.25) is 11.7 Å². The Labute approximate surface area is 213 Å². The normalized spacial score (nSPS) is 16.6. The van der Waals surface area contributed by atoms with Crippen molar-refractivity contribution in [2.75, 3.05) is 44.7 Å². The number of imidazole rings is 1. The lowest BCUT2D eigenvalue weighted by Crippen LogP contribution is -2.34. The molecule has 0 aliphatic carbocycles. The van der Waals surface area contributed by atoms with E-state index in [1.165, 1.54) is 4.90 Å². The van der Waals surface area contributed by atoms with Gasteiger partial charge in [-0.3, -0.25) is 4.90 Å². The van der Waals surface area contributed by atoms with Crippen molar-refractivity contribution in [3.05, 3.63) is 35.9 Å². The third-order valence-corrected chi connectivity index (χ3v) is 6.66. The zero-order chi connectivity index (χ0) is 26.1. The maximum absolute atomic E-state index is 11.6. The zero-order valence-corrected chi connectivity index (χ0v) is 20.8. The Morgan fingerprint density at radius 2 is 1.89 bits per heavy atom. The number of carbonyl (C=O) groups is 1. The van der Waals surface area contributed by atoms with E-state index >= 15 is 0 Å². The molecular formula is C24H29N7O6. The fourth-order valence-electron chi connectivity index (χ4n) is 4.83. The first-order chi connectivity index (χ1) is 17.9. The summed E-state index contributed by atoms with van der Waals surface area (Å²) in [7, 11) is 4.65. The van der Waals surface area contributed by atoms with Crippen LogP contribution in [0.3, 0.4) is 0 Å². The number of carboxylic acid groups (broad SMARTS) is 1. The summed E-state index contributed by atoms with van der Waals surface area (Å²) in [6.45, 7) is 1.12. The molecule has 1 fully saturated rings. The zero-order valence-electron chi connectivity index (χ0n) is 20.8. The second kappa shape index (κ2) is 10.0. The van der Waals surface area contributed by atoms with Gasteiger partial charge >= 0.3 is 6.09 Å². The van der Waals surface area contributed by atoms with E-state index in [-0.39, 0.29) is 25.7 Å². The summed E-state index contributed by atoms with van der Waals surface area (Å²) in [6, 6.07) is 3.55. The molecule has 37 heavy (non-hydrogen) atoms. The van der Waals surface area contributed by atoms with E-state index in [1.807, 2.05) is 4.90 Å². The summed E-state index contributed by atoms with van der Waals surface area (Å²) in [4.78, 5) is 28.8. The van der Waals surface area contributed by atoms with E-state index in [9.17, 15) is 15.0 Å². The smallest absolute Gasteiger partial charge is 0.407 e. The van der Waals surface area contributed by atoms with E-state index < -0.39 is 6.09 Å². The topological polar surface area (TPSA) is 147 Å². The van der Waals surface area contributed by atoms with Gasteiger partial charge in [-0.1, -0.05) is 0 Å². The van der Waals surface area contributed by atoms with Crippen LogP contribution in [-0.2, 0) is 13.1 Å². The van der Waals surface area contributed by atoms with Crippen LogP contribution in [0, 0.1) is 0 Å². The molecule has 3 N–H and O–H groups in total. The monoisotopic (exact) mass is 511 g/mol. The largest absolute Gasteiger partial charge is 0.493 e. The average Bonchev–Trinajstić information content (AvgIpc) is 3.66. The van der Waals surface area contributed by atoms with Crippen LogP contribution in [0.4, 0.5) is 22.4 Å². The molecule has 1 saturated heterocycles. The first-order valence-electron chi connectivity index (χ1n) is 11.8. The minimum absolute atomic E-state index is 0.00335. The molecule has 2 aliphatic heterocycles. The lowest BCUT2D eigenvalue weighted by Gasteiger charge is -2.26.